The van der Waals surface area contributed by atoms with Crippen LogP contribution in [0.5, 0.6) is 5.75 Å². The number of fused-ring (bicyclic) bond motifs is 1. The van der Waals surface area contributed by atoms with Crippen molar-refractivity contribution in [2.45, 2.75) is 26.9 Å². The summed E-state index contributed by atoms with van der Waals surface area (Å²) in [5, 5.41) is 4.00. The molecule has 33 heavy (non-hydrogen) atoms. The lowest BCUT2D eigenvalue weighted by Gasteiger charge is -2.16. The van der Waals surface area contributed by atoms with E-state index in [-0.39, 0.29) is 17.0 Å². The Morgan fingerprint density at radius 2 is 1.67 bits per heavy atom. The van der Waals surface area contributed by atoms with Crippen LogP contribution in [0.25, 0.3) is 11.0 Å². The number of benzene rings is 3. The first-order valence-electron chi connectivity index (χ1n) is 10.3. The molecule has 0 aliphatic heterocycles. The van der Waals surface area contributed by atoms with Gasteiger partial charge in [0.1, 0.15) is 17.1 Å². The van der Waals surface area contributed by atoms with Gasteiger partial charge in [-0.05, 0) is 80.4 Å². The van der Waals surface area contributed by atoms with Gasteiger partial charge in [0, 0.05) is 16.0 Å². The lowest BCUT2D eigenvalue weighted by molar-refractivity contribution is -0.122. The first-order chi connectivity index (χ1) is 15.7. The summed E-state index contributed by atoms with van der Waals surface area (Å²) in [6, 6.07) is 15.6. The number of furan rings is 1. The zero-order valence-electron chi connectivity index (χ0n) is 18.2. The first kappa shape index (κ1) is 22.6. The molecule has 0 saturated heterocycles. The molecule has 3 aromatic carbocycles. The van der Waals surface area contributed by atoms with Crippen LogP contribution in [0.15, 0.2) is 65.1 Å². The topological polar surface area (TPSA) is 68.5 Å². The number of carbonyl (C=O) groups is 2. The fraction of sp³-hybridized carbons (Fsp3) is 0.154. The minimum absolute atomic E-state index is 0.0402. The van der Waals surface area contributed by atoms with E-state index in [0.717, 1.165) is 11.1 Å². The Hall–Kier alpha value is -3.64. The maximum atomic E-state index is 13.3. The van der Waals surface area contributed by atoms with Gasteiger partial charge < -0.3 is 14.5 Å². The zero-order valence-corrected chi connectivity index (χ0v) is 19.0. The Kier molecular flexibility index (Phi) is 6.20. The number of hydrogen-bond donors (Lipinski definition) is 1. The number of hydrogen-bond acceptors (Lipinski definition) is 4. The molecule has 0 aliphatic carbocycles. The van der Waals surface area contributed by atoms with Crippen LogP contribution < -0.4 is 10.1 Å². The largest absolute Gasteiger partial charge is 0.481 e. The molecule has 7 heteroatoms. The van der Waals surface area contributed by atoms with Crippen LogP contribution in [0.3, 0.4) is 0 Å². The quantitative estimate of drug-likeness (QED) is 0.331. The normalized spacial score (nSPS) is 11.9. The number of aryl methyl sites for hydroxylation is 2. The van der Waals surface area contributed by atoms with Crippen LogP contribution in [0.1, 0.15) is 34.2 Å². The standard InChI is InChI=1S/C26H21ClFNO4/c1-14-12-19(13-15(2)22(14)27)32-16(3)26(31)29-23-20-6-4-5-7-21(20)33-25(23)24(30)17-8-10-18(28)11-9-17/h4-13,16H,1-3H3,(H,29,31)/t16-/m1/s1. The van der Waals surface area contributed by atoms with Crippen molar-refractivity contribution in [1.82, 2.24) is 0 Å². The zero-order chi connectivity index (χ0) is 23.7. The second kappa shape index (κ2) is 9.08. The second-order valence-corrected chi connectivity index (χ2v) is 8.14. The molecule has 1 heterocycles. The Labute approximate surface area is 195 Å². The summed E-state index contributed by atoms with van der Waals surface area (Å²) in [7, 11) is 0. The minimum Gasteiger partial charge on any atom is -0.481 e. The summed E-state index contributed by atoms with van der Waals surface area (Å²) in [6.07, 6.45) is -0.868. The molecule has 5 nitrogen and oxygen atoms in total. The third-order valence-electron chi connectivity index (χ3n) is 5.25. The lowest BCUT2D eigenvalue weighted by atomic mass is 10.1. The fourth-order valence-corrected chi connectivity index (χ4v) is 3.63. The highest BCUT2D eigenvalue weighted by Gasteiger charge is 2.25. The van der Waals surface area contributed by atoms with Gasteiger partial charge in [-0.2, -0.15) is 0 Å². The summed E-state index contributed by atoms with van der Waals surface area (Å²) in [5.74, 6) is -0.916. The number of para-hydroxylation sites is 1. The van der Waals surface area contributed by atoms with E-state index in [9.17, 15) is 14.0 Å². The third-order valence-corrected chi connectivity index (χ3v) is 5.84. The van der Waals surface area contributed by atoms with Crippen LogP contribution in [-0.4, -0.2) is 17.8 Å². The third kappa shape index (κ3) is 4.61. The SMILES string of the molecule is Cc1cc(O[C@H](C)C(=O)Nc2c(C(=O)c3ccc(F)cc3)oc3ccccc23)cc(C)c1Cl. The molecule has 1 atom stereocenters. The molecule has 0 aliphatic rings. The number of anilines is 1. The Morgan fingerprint density at radius 1 is 1.03 bits per heavy atom. The number of halogens is 2. The molecule has 1 aromatic heterocycles. The Morgan fingerprint density at radius 3 is 2.33 bits per heavy atom. The van der Waals surface area contributed by atoms with Crippen molar-refractivity contribution >= 4 is 39.9 Å². The molecular formula is C26H21ClFNO4. The van der Waals surface area contributed by atoms with Gasteiger partial charge in [-0.1, -0.05) is 23.7 Å². The smallest absolute Gasteiger partial charge is 0.265 e. The predicted octanol–water partition coefficient (Wildman–Crippen LogP) is 6.48. The Bertz CT molecular complexity index is 1340. The molecule has 0 radical (unpaired) electrons. The van der Waals surface area contributed by atoms with Gasteiger partial charge in [-0.15, -0.1) is 0 Å². The van der Waals surface area contributed by atoms with Crippen LogP contribution >= 0.6 is 11.6 Å². The summed E-state index contributed by atoms with van der Waals surface area (Å²) in [5.41, 5.74) is 2.60. The van der Waals surface area contributed by atoms with Gasteiger partial charge in [-0.25, -0.2) is 4.39 Å². The van der Waals surface area contributed by atoms with Gasteiger partial charge in [0.15, 0.2) is 11.9 Å². The molecule has 0 unspecified atom stereocenters. The van der Waals surface area contributed by atoms with Gasteiger partial charge >= 0.3 is 0 Å². The van der Waals surface area contributed by atoms with Crippen LogP contribution in [0.2, 0.25) is 5.02 Å². The molecule has 1 amide bonds. The van der Waals surface area contributed by atoms with Crippen molar-refractivity contribution in [1.29, 1.82) is 0 Å². The predicted molar refractivity (Wildman–Crippen MR) is 126 cm³/mol. The van der Waals surface area contributed by atoms with E-state index in [4.69, 9.17) is 20.8 Å². The molecule has 4 rings (SSSR count). The summed E-state index contributed by atoms with van der Waals surface area (Å²) < 4.78 is 24.9. The van der Waals surface area contributed by atoms with E-state index in [1.54, 1.807) is 43.3 Å². The van der Waals surface area contributed by atoms with E-state index in [1.807, 2.05) is 13.8 Å². The molecule has 0 saturated carbocycles. The number of nitrogens with one attached hydrogen (secondary N) is 1. The van der Waals surface area contributed by atoms with Crippen molar-refractivity contribution in [3.8, 4) is 5.75 Å². The Balaban J connectivity index is 1.63. The molecule has 1 N–H and O–H groups in total. The van der Waals surface area contributed by atoms with Gasteiger partial charge in [-0.3, -0.25) is 9.59 Å². The lowest BCUT2D eigenvalue weighted by Crippen LogP contribution is -2.30. The number of carbonyl (C=O) groups excluding carboxylic acids is 2. The van der Waals surface area contributed by atoms with E-state index in [2.05, 4.69) is 5.32 Å². The highest BCUT2D eigenvalue weighted by atomic mass is 35.5. The number of amides is 1. The molecule has 0 spiro atoms. The highest BCUT2D eigenvalue weighted by molar-refractivity contribution is 6.32. The molecule has 0 fully saturated rings. The number of ketones is 1. The molecular weight excluding hydrogens is 445 g/mol. The van der Waals surface area contributed by atoms with Crippen molar-refractivity contribution in [3.05, 3.63) is 94.0 Å². The van der Waals surface area contributed by atoms with Crippen molar-refractivity contribution in [2.75, 3.05) is 5.32 Å². The maximum Gasteiger partial charge on any atom is 0.265 e. The van der Waals surface area contributed by atoms with Gasteiger partial charge in [0.25, 0.3) is 5.91 Å². The van der Waals surface area contributed by atoms with Crippen LogP contribution in [0, 0.1) is 19.7 Å². The average molecular weight is 466 g/mol. The monoisotopic (exact) mass is 465 g/mol. The van der Waals surface area contributed by atoms with Gasteiger partial charge in [0.05, 0.1) is 5.69 Å². The molecule has 0 bridgehead atoms. The number of ether oxygens (including phenoxy) is 1. The second-order valence-electron chi connectivity index (χ2n) is 7.76. The average Bonchev–Trinajstić information content (AvgIpc) is 3.15. The highest BCUT2D eigenvalue weighted by Crippen LogP contribution is 2.33. The van der Waals surface area contributed by atoms with Crippen LogP contribution in [0.4, 0.5) is 10.1 Å². The fourth-order valence-electron chi connectivity index (χ4n) is 3.52. The number of rotatable bonds is 6. The summed E-state index contributed by atoms with van der Waals surface area (Å²) in [4.78, 5) is 26.1. The maximum absolute atomic E-state index is 13.3. The van der Waals surface area contributed by atoms with Crippen molar-refractivity contribution in [3.63, 3.8) is 0 Å². The van der Waals surface area contributed by atoms with E-state index in [1.165, 1.54) is 24.3 Å². The molecule has 168 valence electrons. The van der Waals surface area contributed by atoms with Gasteiger partial charge in [0.2, 0.25) is 5.78 Å². The van der Waals surface area contributed by atoms with Crippen molar-refractivity contribution < 1.29 is 23.1 Å². The van der Waals surface area contributed by atoms with Crippen molar-refractivity contribution in [2.24, 2.45) is 0 Å². The summed E-state index contributed by atoms with van der Waals surface area (Å²) >= 11 is 6.21. The molecule has 4 aromatic rings. The van der Waals surface area contributed by atoms with E-state index in [0.29, 0.717) is 21.7 Å². The summed E-state index contributed by atoms with van der Waals surface area (Å²) in [6.45, 7) is 5.33. The van der Waals surface area contributed by atoms with Crippen LogP contribution in [-0.2, 0) is 4.79 Å². The first-order valence-corrected chi connectivity index (χ1v) is 10.7. The van der Waals surface area contributed by atoms with E-state index < -0.39 is 23.6 Å². The minimum atomic E-state index is -0.868. The van der Waals surface area contributed by atoms with E-state index >= 15 is 0 Å².